The molecule has 9 heteroatoms. The van der Waals surface area contributed by atoms with E-state index < -0.39 is 5.54 Å². The van der Waals surface area contributed by atoms with Crippen LogP contribution in [0.5, 0.6) is 0 Å². The number of hydrogen-bond acceptors (Lipinski definition) is 5. The Labute approximate surface area is 217 Å². The molecule has 0 radical (unpaired) electrons. The van der Waals surface area contributed by atoms with Gasteiger partial charge in [-0.1, -0.05) is 30.3 Å². The zero-order chi connectivity index (χ0) is 25.8. The predicted molar refractivity (Wildman–Crippen MR) is 141 cm³/mol. The van der Waals surface area contributed by atoms with Crippen molar-refractivity contribution in [1.82, 2.24) is 15.1 Å². The maximum absolute atomic E-state index is 13.8. The van der Waals surface area contributed by atoms with E-state index in [0.29, 0.717) is 39.1 Å². The number of carbonyl (C=O) groups is 3. The molecule has 3 saturated heterocycles. The van der Waals surface area contributed by atoms with Gasteiger partial charge >= 0.3 is 6.03 Å². The molecule has 0 bridgehead atoms. The number of ether oxygens (including phenoxy) is 1. The van der Waals surface area contributed by atoms with E-state index in [1.54, 1.807) is 9.80 Å². The molecule has 0 aromatic heterocycles. The molecule has 9 nitrogen and oxygen atoms in total. The average molecular weight is 506 g/mol. The maximum atomic E-state index is 13.8. The first kappa shape index (κ1) is 25.1. The zero-order valence-corrected chi connectivity index (χ0v) is 21.3. The molecule has 2 aromatic carbocycles. The number of amides is 4. The summed E-state index contributed by atoms with van der Waals surface area (Å²) in [6.45, 7) is 4.44. The molecule has 196 valence electrons. The molecule has 0 unspecified atom stereocenters. The summed E-state index contributed by atoms with van der Waals surface area (Å²) in [5.74, 6) is -0.230. The monoisotopic (exact) mass is 505 g/mol. The molecule has 2 N–H and O–H groups in total. The highest BCUT2D eigenvalue weighted by molar-refractivity contribution is 5.97. The molecular formula is C28H35N5O4. The van der Waals surface area contributed by atoms with Crippen LogP contribution in [0.25, 0.3) is 0 Å². The van der Waals surface area contributed by atoms with Gasteiger partial charge in [0.2, 0.25) is 5.91 Å². The summed E-state index contributed by atoms with van der Waals surface area (Å²) in [5.41, 5.74) is 1.99. The van der Waals surface area contributed by atoms with E-state index in [1.165, 1.54) is 0 Å². The third-order valence-corrected chi connectivity index (χ3v) is 7.61. The van der Waals surface area contributed by atoms with Crippen molar-refractivity contribution >= 4 is 29.2 Å². The lowest BCUT2D eigenvalue weighted by atomic mass is 9.85. The maximum Gasteiger partial charge on any atom is 0.321 e. The van der Waals surface area contributed by atoms with Gasteiger partial charge in [0.25, 0.3) is 5.91 Å². The second-order valence-corrected chi connectivity index (χ2v) is 10.2. The van der Waals surface area contributed by atoms with E-state index in [9.17, 15) is 14.4 Å². The number of urea groups is 1. The molecule has 5 rings (SSSR count). The first-order valence-corrected chi connectivity index (χ1v) is 13.1. The van der Waals surface area contributed by atoms with Gasteiger partial charge in [-0.05, 0) is 62.4 Å². The lowest BCUT2D eigenvalue weighted by molar-refractivity contribution is -0.137. The van der Waals surface area contributed by atoms with Crippen LogP contribution in [-0.2, 0) is 14.3 Å². The third-order valence-electron chi connectivity index (χ3n) is 7.61. The molecule has 2 aromatic rings. The highest BCUT2D eigenvalue weighted by Crippen LogP contribution is 2.39. The molecule has 4 amide bonds. The Morgan fingerprint density at radius 1 is 1.08 bits per heavy atom. The fourth-order valence-electron chi connectivity index (χ4n) is 5.59. The van der Waals surface area contributed by atoms with Crippen LogP contribution in [0.4, 0.5) is 16.2 Å². The van der Waals surface area contributed by atoms with Crippen LogP contribution in [-0.4, -0.2) is 78.7 Å². The Bertz CT molecular complexity index is 1130. The number of likely N-dealkylation sites (tertiary alicyclic amines) is 1. The lowest BCUT2D eigenvalue weighted by Crippen LogP contribution is -2.58. The van der Waals surface area contributed by atoms with Crippen molar-refractivity contribution in [3.8, 4) is 0 Å². The number of rotatable bonds is 6. The van der Waals surface area contributed by atoms with Crippen LogP contribution >= 0.6 is 0 Å². The summed E-state index contributed by atoms with van der Waals surface area (Å²) in [7, 11) is 0. The largest absolute Gasteiger partial charge is 0.376 e. The van der Waals surface area contributed by atoms with Gasteiger partial charge in [0, 0.05) is 37.6 Å². The van der Waals surface area contributed by atoms with Crippen LogP contribution in [0.15, 0.2) is 54.6 Å². The van der Waals surface area contributed by atoms with Crippen molar-refractivity contribution in [2.75, 3.05) is 49.7 Å². The van der Waals surface area contributed by atoms with E-state index in [4.69, 9.17) is 4.74 Å². The number of anilines is 2. The Hall–Kier alpha value is -3.59. The normalized spacial score (nSPS) is 20.9. The minimum atomic E-state index is -0.781. The summed E-state index contributed by atoms with van der Waals surface area (Å²) in [6.07, 6.45) is 3.01. The number of carbonyl (C=O) groups excluding carboxylic acids is 3. The fraction of sp³-hybridized carbons (Fsp3) is 0.464. The minimum Gasteiger partial charge on any atom is -0.376 e. The van der Waals surface area contributed by atoms with Gasteiger partial charge in [-0.2, -0.15) is 0 Å². The summed E-state index contributed by atoms with van der Waals surface area (Å²) >= 11 is 0. The average Bonchev–Trinajstić information content (AvgIpc) is 3.52. The molecule has 0 aliphatic carbocycles. The Morgan fingerprint density at radius 3 is 2.57 bits per heavy atom. The van der Waals surface area contributed by atoms with Crippen LogP contribution in [0.1, 0.15) is 31.2 Å². The van der Waals surface area contributed by atoms with Crippen molar-refractivity contribution in [2.45, 2.75) is 44.2 Å². The van der Waals surface area contributed by atoms with Gasteiger partial charge in [0.1, 0.15) is 12.1 Å². The van der Waals surface area contributed by atoms with Crippen LogP contribution in [0.3, 0.4) is 0 Å². The van der Waals surface area contributed by atoms with Crippen molar-refractivity contribution in [3.63, 3.8) is 0 Å². The van der Waals surface area contributed by atoms with Crippen LogP contribution in [0, 0.1) is 6.92 Å². The third kappa shape index (κ3) is 5.41. The number of nitrogens with one attached hydrogen (secondary N) is 2. The van der Waals surface area contributed by atoms with Crippen molar-refractivity contribution in [2.24, 2.45) is 0 Å². The van der Waals surface area contributed by atoms with Gasteiger partial charge in [0.15, 0.2) is 0 Å². The Morgan fingerprint density at radius 2 is 1.86 bits per heavy atom. The highest BCUT2D eigenvalue weighted by Gasteiger charge is 2.54. The Balaban J connectivity index is 1.26. The van der Waals surface area contributed by atoms with E-state index >= 15 is 0 Å². The fourth-order valence-corrected chi connectivity index (χ4v) is 5.59. The van der Waals surface area contributed by atoms with Gasteiger partial charge in [-0.3, -0.25) is 9.59 Å². The molecule has 3 fully saturated rings. The smallest absolute Gasteiger partial charge is 0.321 e. The van der Waals surface area contributed by atoms with Crippen molar-refractivity contribution < 1.29 is 19.1 Å². The van der Waals surface area contributed by atoms with Crippen molar-refractivity contribution in [1.29, 1.82) is 0 Å². The molecule has 3 aliphatic rings. The molecule has 3 heterocycles. The number of aryl methyl sites for hydroxylation is 1. The van der Waals surface area contributed by atoms with Gasteiger partial charge in [-0.15, -0.1) is 0 Å². The number of para-hydroxylation sites is 1. The van der Waals surface area contributed by atoms with Gasteiger partial charge in [-0.25, -0.2) is 4.79 Å². The second kappa shape index (κ2) is 10.8. The Kier molecular flexibility index (Phi) is 7.32. The summed E-state index contributed by atoms with van der Waals surface area (Å²) in [4.78, 5) is 45.0. The molecule has 1 atom stereocenters. The van der Waals surface area contributed by atoms with Crippen LogP contribution < -0.4 is 15.5 Å². The SMILES string of the molecule is Cc1cccc(NC(=O)N2CCC3(CC2)C(=O)N(CC(=O)NC[C@@H]2CCCO2)CN3c2ccccc2)c1. The first-order valence-electron chi connectivity index (χ1n) is 13.1. The topological polar surface area (TPSA) is 94.2 Å². The summed E-state index contributed by atoms with van der Waals surface area (Å²) in [6, 6.07) is 17.4. The van der Waals surface area contributed by atoms with Gasteiger partial charge in [0.05, 0.1) is 12.8 Å². The van der Waals surface area contributed by atoms with E-state index in [-0.39, 0.29) is 30.5 Å². The van der Waals surface area contributed by atoms with Crippen molar-refractivity contribution in [3.05, 3.63) is 60.2 Å². The second-order valence-electron chi connectivity index (χ2n) is 10.2. The molecule has 1 spiro atoms. The number of hydrogen-bond donors (Lipinski definition) is 2. The number of nitrogens with zero attached hydrogens (tertiary/aromatic N) is 3. The van der Waals surface area contributed by atoms with E-state index in [0.717, 1.165) is 36.4 Å². The lowest BCUT2D eigenvalue weighted by Gasteiger charge is -2.43. The minimum absolute atomic E-state index is 0.00813. The number of benzene rings is 2. The molecule has 37 heavy (non-hydrogen) atoms. The number of piperidine rings is 1. The quantitative estimate of drug-likeness (QED) is 0.630. The van der Waals surface area contributed by atoms with Gasteiger partial charge < -0.3 is 30.1 Å². The van der Waals surface area contributed by atoms with Crippen LogP contribution in [0.2, 0.25) is 0 Å². The zero-order valence-electron chi connectivity index (χ0n) is 21.3. The molecule has 3 aliphatic heterocycles. The predicted octanol–water partition coefficient (Wildman–Crippen LogP) is 2.96. The highest BCUT2D eigenvalue weighted by atomic mass is 16.5. The van der Waals surface area contributed by atoms with E-state index in [2.05, 4.69) is 15.5 Å². The summed E-state index contributed by atoms with van der Waals surface area (Å²) < 4.78 is 5.59. The molecule has 0 saturated carbocycles. The van der Waals surface area contributed by atoms with E-state index in [1.807, 2.05) is 61.5 Å². The standard InChI is InChI=1S/C28H35N5O4/c1-21-7-5-8-22(17-21)30-27(36)31-14-12-28(13-15-31)26(35)32(20-33(28)23-9-3-2-4-10-23)19-25(34)29-18-24-11-6-16-37-24/h2-5,7-10,17,24H,6,11-16,18-20H2,1H3,(H,29,34)(H,30,36)/t24-/m0/s1. The summed E-state index contributed by atoms with van der Waals surface area (Å²) in [5, 5.41) is 5.90. The molecular weight excluding hydrogens is 470 g/mol. The first-order chi connectivity index (χ1) is 17.9.